The zero-order valence-electron chi connectivity index (χ0n) is 12.3. The minimum Gasteiger partial charge on any atom is -0.492 e. The Morgan fingerprint density at radius 3 is 2.87 bits per heavy atom. The second-order valence-electron chi connectivity index (χ2n) is 5.29. The van der Waals surface area contributed by atoms with Crippen molar-refractivity contribution >= 4 is 17.4 Å². The molecule has 1 aliphatic rings. The highest BCUT2D eigenvalue weighted by molar-refractivity contribution is 6.32. The van der Waals surface area contributed by atoms with Gasteiger partial charge in [0.15, 0.2) is 5.69 Å². The zero-order chi connectivity index (χ0) is 16.2. The highest BCUT2D eigenvalue weighted by atomic mass is 35.5. The van der Waals surface area contributed by atoms with E-state index in [0.717, 1.165) is 5.56 Å². The molecular weight excluding hydrogens is 316 g/mol. The van der Waals surface area contributed by atoms with Gasteiger partial charge in [-0.1, -0.05) is 11.6 Å². The first kappa shape index (κ1) is 15.4. The molecule has 2 aromatic rings. The molecule has 23 heavy (non-hydrogen) atoms. The lowest BCUT2D eigenvalue weighted by Gasteiger charge is -2.09. The van der Waals surface area contributed by atoms with E-state index in [4.69, 9.17) is 27.6 Å². The van der Waals surface area contributed by atoms with E-state index in [1.807, 2.05) is 12.1 Å². The average molecular weight is 332 g/mol. The van der Waals surface area contributed by atoms with Crippen molar-refractivity contribution in [3.05, 3.63) is 41.3 Å². The van der Waals surface area contributed by atoms with E-state index in [9.17, 15) is 0 Å². The van der Waals surface area contributed by atoms with E-state index in [2.05, 4.69) is 20.3 Å². The number of halogens is 1. The van der Waals surface area contributed by atoms with Gasteiger partial charge in [-0.25, -0.2) is 9.97 Å². The van der Waals surface area contributed by atoms with Gasteiger partial charge in [0.2, 0.25) is 0 Å². The van der Waals surface area contributed by atoms with Crippen LogP contribution in [0.25, 0.3) is 11.3 Å². The van der Waals surface area contributed by atoms with Crippen LogP contribution in [-0.4, -0.2) is 22.4 Å². The first-order valence-electron chi connectivity index (χ1n) is 7.16. The second kappa shape index (κ2) is 6.70. The molecule has 118 valence electrons. The summed E-state index contributed by atoms with van der Waals surface area (Å²) < 4.78 is 5.72. The molecule has 0 bridgehead atoms. The van der Waals surface area contributed by atoms with Gasteiger partial charge in [0.25, 0.3) is 0 Å². The van der Waals surface area contributed by atoms with Gasteiger partial charge in [-0.2, -0.15) is 0 Å². The Labute approximate surface area is 138 Å². The lowest BCUT2D eigenvalue weighted by atomic mass is 10.1. The second-order valence-corrected chi connectivity index (χ2v) is 5.70. The first-order valence-corrected chi connectivity index (χ1v) is 7.53. The Morgan fingerprint density at radius 1 is 1.35 bits per heavy atom. The average Bonchev–Trinajstić information content (AvgIpc) is 3.38. The number of nitrogens with two attached hydrogens (primary N) is 2. The molecule has 7 nitrogen and oxygen atoms in total. The lowest BCUT2D eigenvalue weighted by molar-refractivity contribution is -0.114. The number of ether oxygens (including phenoxy) is 1. The summed E-state index contributed by atoms with van der Waals surface area (Å²) in [4.78, 5) is 8.26. The molecule has 1 fully saturated rings. The molecule has 1 heterocycles. The molecule has 8 heteroatoms. The summed E-state index contributed by atoms with van der Waals surface area (Å²) in [5.41, 5.74) is 1.94. The van der Waals surface area contributed by atoms with Crippen LogP contribution in [0.3, 0.4) is 0 Å². The predicted octanol–water partition coefficient (Wildman–Crippen LogP) is 1.42. The molecule has 0 aliphatic heterocycles. The van der Waals surface area contributed by atoms with Crippen LogP contribution in [0, 0.1) is 5.92 Å². The molecule has 0 amide bonds. The summed E-state index contributed by atoms with van der Waals surface area (Å²) in [5, 5.41) is 13.0. The monoisotopic (exact) mass is 331 g/mol. The van der Waals surface area contributed by atoms with Crippen LogP contribution in [-0.2, 0) is 0 Å². The molecule has 0 radical (unpaired) electrons. The fourth-order valence-corrected chi connectivity index (χ4v) is 2.27. The van der Waals surface area contributed by atoms with Crippen molar-refractivity contribution in [1.29, 1.82) is 0 Å². The molecule has 4 N–H and O–H groups in total. The van der Waals surface area contributed by atoms with E-state index in [-0.39, 0.29) is 5.84 Å². The summed E-state index contributed by atoms with van der Waals surface area (Å²) in [5.74, 6) is 6.46. The largest absolute Gasteiger partial charge is 0.492 e. The zero-order valence-corrected chi connectivity index (χ0v) is 13.1. The highest BCUT2D eigenvalue weighted by Gasteiger charge is 2.22. The van der Waals surface area contributed by atoms with Crippen molar-refractivity contribution in [3.8, 4) is 17.0 Å². The van der Waals surface area contributed by atoms with Crippen LogP contribution in [0.4, 0.5) is 0 Å². The van der Waals surface area contributed by atoms with Crippen LogP contribution in [0.5, 0.6) is 5.75 Å². The summed E-state index contributed by atoms with van der Waals surface area (Å²) in [6.07, 6.45) is 3.87. The normalized spacial score (nSPS) is 14.1. The van der Waals surface area contributed by atoms with E-state index in [1.54, 1.807) is 12.1 Å². The maximum Gasteiger partial charge on any atom is 0.369 e. The topological polar surface area (TPSA) is 111 Å². The van der Waals surface area contributed by atoms with Crippen molar-refractivity contribution in [2.45, 2.75) is 12.8 Å². The maximum atomic E-state index is 6.29. The third-order valence-electron chi connectivity index (χ3n) is 3.49. The van der Waals surface area contributed by atoms with Gasteiger partial charge in [-0.15, -0.1) is 0 Å². The summed E-state index contributed by atoms with van der Waals surface area (Å²) in [6, 6.07) is 7.23. The van der Waals surface area contributed by atoms with E-state index < -0.39 is 0 Å². The van der Waals surface area contributed by atoms with Gasteiger partial charge >= 0.3 is 5.84 Å². The van der Waals surface area contributed by atoms with E-state index >= 15 is 0 Å². The number of rotatable bonds is 5. The Hall–Kier alpha value is -2.54. The van der Waals surface area contributed by atoms with Gasteiger partial charge in [-0.3, -0.25) is 11.3 Å². The molecule has 1 aromatic carbocycles. The van der Waals surface area contributed by atoms with Crippen LogP contribution in [0.15, 0.2) is 40.9 Å². The van der Waals surface area contributed by atoms with Gasteiger partial charge in [0.05, 0.1) is 22.4 Å². The number of aromatic nitrogens is 2. The minimum atomic E-state index is 0.117. The molecule has 0 spiro atoms. The van der Waals surface area contributed by atoms with Crippen molar-refractivity contribution < 1.29 is 10.1 Å². The van der Waals surface area contributed by atoms with Crippen LogP contribution in [0.1, 0.15) is 18.5 Å². The third-order valence-corrected chi connectivity index (χ3v) is 3.79. The third kappa shape index (κ3) is 3.81. The van der Waals surface area contributed by atoms with Crippen LogP contribution < -0.4 is 16.0 Å². The van der Waals surface area contributed by atoms with E-state index in [0.29, 0.717) is 34.7 Å². The number of hydrogen-bond acceptors (Lipinski definition) is 4. The lowest BCUT2D eigenvalue weighted by Crippen LogP contribution is -2.39. The Morgan fingerprint density at radius 2 is 2.17 bits per heavy atom. The molecule has 1 aromatic heterocycles. The maximum absolute atomic E-state index is 6.29. The van der Waals surface area contributed by atoms with E-state index in [1.165, 1.54) is 19.2 Å². The van der Waals surface area contributed by atoms with Crippen molar-refractivity contribution in [2.75, 3.05) is 6.61 Å². The molecule has 0 unspecified atom stereocenters. The SMILES string of the molecule is NN=NC(=[NH2+])c1cc(-c2ccc(OCC3CC3)c(Cl)c2)ncn1. The minimum absolute atomic E-state index is 0.117. The molecule has 1 saturated carbocycles. The molecule has 1 aliphatic carbocycles. The fraction of sp³-hybridized carbons (Fsp3) is 0.267. The molecular formula is C15H16ClN6O+. The smallest absolute Gasteiger partial charge is 0.369 e. The van der Waals surface area contributed by atoms with Gasteiger partial charge in [0, 0.05) is 10.8 Å². The van der Waals surface area contributed by atoms with Crippen molar-refractivity contribution in [2.24, 2.45) is 22.1 Å². The quantitative estimate of drug-likeness (QED) is 0.284. The first-order chi connectivity index (χ1) is 11.2. The van der Waals surface area contributed by atoms with Crippen LogP contribution >= 0.6 is 11.6 Å². The summed E-state index contributed by atoms with van der Waals surface area (Å²) >= 11 is 6.29. The number of nitrogens with zero attached hydrogens (tertiary/aromatic N) is 4. The Balaban J connectivity index is 1.82. The fourth-order valence-electron chi connectivity index (χ4n) is 2.04. The Kier molecular flexibility index (Phi) is 4.47. The molecule has 0 atom stereocenters. The van der Waals surface area contributed by atoms with Gasteiger partial charge < -0.3 is 4.74 Å². The van der Waals surface area contributed by atoms with Crippen molar-refractivity contribution in [3.63, 3.8) is 0 Å². The van der Waals surface area contributed by atoms with Crippen molar-refractivity contribution in [1.82, 2.24) is 9.97 Å². The highest BCUT2D eigenvalue weighted by Crippen LogP contribution is 2.33. The predicted molar refractivity (Wildman–Crippen MR) is 85.8 cm³/mol. The van der Waals surface area contributed by atoms with Gasteiger partial charge in [0.1, 0.15) is 12.1 Å². The van der Waals surface area contributed by atoms with Gasteiger partial charge in [-0.05, 0) is 43.0 Å². The van der Waals surface area contributed by atoms with Crippen LogP contribution in [0.2, 0.25) is 5.02 Å². The standard InChI is InChI=1S/C15H15ClN6O/c16-11-5-10(3-4-14(11)23-7-9-1-2-9)12-6-13(20-8-19-12)15(17)21-22-18/h3-6,8-9H,1-2,7H2,(H3,17,18,21)/p+1. The summed E-state index contributed by atoms with van der Waals surface area (Å²) in [6.45, 7) is 0.715. The number of hydrogen-bond donors (Lipinski definition) is 2. The number of benzene rings is 1. The number of amidine groups is 1. The summed E-state index contributed by atoms with van der Waals surface area (Å²) in [7, 11) is 0. The molecule has 3 rings (SSSR count). The molecule has 0 saturated heterocycles. The Bertz CT molecular complexity index is 759.